The SMILES string of the molecule is CC(=O)OCc1cc(-c2ccccc2)c(C(=O)Nc2ccc3c(c2)CCN3C(=O)Cc2ccccn2)cc1C(F)(F)F. The highest BCUT2D eigenvalue weighted by Gasteiger charge is 2.35. The number of nitrogens with one attached hydrogen (secondary N) is 1. The maximum atomic E-state index is 14.1. The molecule has 0 spiro atoms. The van der Waals surface area contributed by atoms with Gasteiger partial charge in [-0.25, -0.2) is 0 Å². The van der Waals surface area contributed by atoms with Crippen LogP contribution < -0.4 is 10.2 Å². The van der Waals surface area contributed by atoms with Crippen LogP contribution in [-0.2, 0) is 40.0 Å². The van der Waals surface area contributed by atoms with E-state index in [0.717, 1.165) is 18.6 Å². The predicted octanol–water partition coefficient (Wildman–Crippen LogP) is 6.21. The zero-order valence-electron chi connectivity index (χ0n) is 22.6. The van der Waals surface area contributed by atoms with Crippen LogP contribution in [-0.4, -0.2) is 29.3 Å². The monoisotopic (exact) mass is 573 g/mol. The van der Waals surface area contributed by atoms with Crippen molar-refractivity contribution >= 4 is 29.2 Å². The van der Waals surface area contributed by atoms with E-state index in [0.29, 0.717) is 35.6 Å². The lowest BCUT2D eigenvalue weighted by Gasteiger charge is -2.19. The van der Waals surface area contributed by atoms with Crippen LogP contribution in [0.3, 0.4) is 0 Å². The van der Waals surface area contributed by atoms with Gasteiger partial charge >= 0.3 is 12.1 Å². The summed E-state index contributed by atoms with van der Waals surface area (Å²) < 4.78 is 47.1. The summed E-state index contributed by atoms with van der Waals surface area (Å²) in [4.78, 5) is 43.6. The molecule has 1 aliphatic heterocycles. The molecule has 0 aliphatic carbocycles. The number of pyridine rings is 1. The molecule has 3 aromatic carbocycles. The molecule has 7 nitrogen and oxygen atoms in total. The first kappa shape index (κ1) is 28.5. The Morgan fingerprint density at radius 1 is 0.976 bits per heavy atom. The maximum Gasteiger partial charge on any atom is 0.416 e. The molecule has 214 valence electrons. The van der Waals surface area contributed by atoms with Crippen LogP contribution in [0.5, 0.6) is 0 Å². The minimum atomic E-state index is -4.79. The number of halogens is 3. The van der Waals surface area contributed by atoms with E-state index in [4.69, 9.17) is 4.74 Å². The zero-order chi connectivity index (χ0) is 29.9. The largest absolute Gasteiger partial charge is 0.461 e. The van der Waals surface area contributed by atoms with E-state index in [1.165, 1.54) is 6.07 Å². The van der Waals surface area contributed by atoms with Gasteiger partial charge in [0.25, 0.3) is 5.91 Å². The second-order valence-electron chi connectivity index (χ2n) is 9.79. The lowest BCUT2D eigenvalue weighted by molar-refractivity contribution is -0.145. The Labute approximate surface area is 240 Å². The Kier molecular flexibility index (Phi) is 8.06. The molecule has 2 heterocycles. The summed E-state index contributed by atoms with van der Waals surface area (Å²) in [6.07, 6.45) is -2.45. The van der Waals surface area contributed by atoms with Gasteiger partial charge in [0.2, 0.25) is 5.91 Å². The number of ether oxygens (including phenoxy) is 1. The van der Waals surface area contributed by atoms with Crippen molar-refractivity contribution in [3.63, 3.8) is 0 Å². The summed E-state index contributed by atoms with van der Waals surface area (Å²) in [6.45, 7) is 0.987. The van der Waals surface area contributed by atoms with Crippen molar-refractivity contribution in [2.75, 3.05) is 16.8 Å². The fourth-order valence-electron chi connectivity index (χ4n) is 4.94. The lowest BCUT2D eigenvalue weighted by Crippen LogP contribution is -2.30. The van der Waals surface area contributed by atoms with Crippen LogP contribution >= 0.6 is 0 Å². The first-order chi connectivity index (χ1) is 20.1. The normalized spacial score (nSPS) is 12.5. The Bertz CT molecular complexity index is 1640. The molecule has 0 atom stereocenters. The van der Waals surface area contributed by atoms with Gasteiger partial charge in [-0.2, -0.15) is 13.2 Å². The van der Waals surface area contributed by atoms with Gasteiger partial charge in [0, 0.05) is 47.9 Å². The summed E-state index contributed by atoms with van der Waals surface area (Å²) in [5, 5.41) is 2.73. The average Bonchev–Trinajstić information content (AvgIpc) is 3.39. The van der Waals surface area contributed by atoms with E-state index in [1.807, 2.05) is 6.07 Å². The third kappa shape index (κ3) is 6.33. The van der Waals surface area contributed by atoms with Crippen LogP contribution in [0.2, 0.25) is 0 Å². The molecule has 2 amide bonds. The van der Waals surface area contributed by atoms with Crippen molar-refractivity contribution in [1.29, 1.82) is 0 Å². The van der Waals surface area contributed by atoms with Gasteiger partial charge in [0.1, 0.15) is 6.61 Å². The van der Waals surface area contributed by atoms with Crippen molar-refractivity contribution in [3.05, 3.63) is 113 Å². The minimum Gasteiger partial charge on any atom is -0.461 e. The number of hydrogen-bond donors (Lipinski definition) is 1. The molecule has 5 rings (SSSR count). The molecule has 0 bridgehead atoms. The van der Waals surface area contributed by atoms with Gasteiger partial charge < -0.3 is 15.0 Å². The van der Waals surface area contributed by atoms with Gasteiger partial charge in [-0.1, -0.05) is 36.4 Å². The second kappa shape index (κ2) is 11.9. The van der Waals surface area contributed by atoms with Crippen LogP contribution in [0, 0.1) is 0 Å². The third-order valence-corrected chi connectivity index (χ3v) is 6.90. The first-order valence-corrected chi connectivity index (χ1v) is 13.2. The minimum absolute atomic E-state index is 0.106. The number of nitrogens with zero attached hydrogens (tertiary/aromatic N) is 2. The Balaban J connectivity index is 1.44. The summed E-state index contributed by atoms with van der Waals surface area (Å²) in [6, 6.07) is 21.0. The van der Waals surface area contributed by atoms with Gasteiger partial charge in [-0.05, 0) is 65.6 Å². The van der Waals surface area contributed by atoms with E-state index in [1.54, 1.807) is 71.8 Å². The number of aromatic nitrogens is 1. The third-order valence-electron chi connectivity index (χ3n) is 6.90. The number of esters is 1. The summed E-state index contributed by atoms with van der Waals surface area (Å²) >= 11 is 0. The zero-order valence-corrected chi connectivity index (χ0v) is 22.6. The quantitative estimate of drug-likeness (QED) is 0.266. The van der Waals surface area contributed by atoms with Crippen LogP contribution in [0.1, 0.15) is 39.7 Å². The summed E-state index contributed by atoms with van der Waals surface area (Å²) in [7, 11) is 0. The molecule has 0 saturated carbocycles. The van der Waals surface area contributed by atoms with Gasteiger partial charge in [0.15, 0.2) is 0 Å². The molecule has 1 aromatic heterocycles. The number of hydrogen-bond acceptors (Lipinski definition) is 5. The Hall–Kier alpha value is -4.99. The van der Waals surface area contributed by atoms with Crippen molar-refractivity contribution < 1.29 is 32.3 Å². The summed E-state index contributed by atoms with van der Waals surface area (Å²) in [5.74, 6) is -1.57. The molecule has 0 fully saturated rings. The van der Waals surface area contributed by atoms with E-state index >= 15 is 0 Å². The Morgan fingerprint density at radius 2 is 1.74 bits per heavy atom. The average molecular weight is 574 g/mol. The molecule has 42 heavy (non-hydrogen) atoms. The second-order valence-corrected chi connectivity index (χ2v) is 9.79. The molecule has 0 saturated heterocycles. The molecule has 1 N–H and O–H groups in total. The van der Waals surface area contributed by atoms with Gasteiger partial charge in [0.05, 0.1) is 12.0 Å². The highest BCUT2D eigenvalue weighted by molar-refractivity contribution is 6.09. The van der Waals surface area contributed by atoms with Crippen LogP contribution in [0.15, 0.2) is 85.1 Å². The van der Waals surface area contributed by atoms with Crippen molar-refractivity contribution in [3.8, 4) is 11.1 Å². The number of amides is 2. The van der Waals surface area contributed by atoms with E-state index in [9.17, 15) is 27.6 Å². The fraction of sp³-hybridized carbons (Fsp3) is 0.188. The maximum absolute atomic E-state index is 14.1. The number of alkyl halides is 3. The summed E-state index contributed by atoms with van der Waals surface area (Å²) in [5.41, 5.74) is 1.86. The number of fused-ring (bicyclic) bond motifs is 1. The predicted molar refractivity (Wildman–Crippen MR) is 151 cm³/mol. The number of carbonyl (C=O) groups excluding carboxylic acids is 3. The van der Waals surface area contributed by atoms with E-state index < -0.39 is 30.2 Å². The number of anilines is 2. The van der Waals surface area contributed by atoms with Gasteiger partial charge in [-0.15, -0.1) is 0 Å². The number of rotatable bonds is 7. The fourth-order valence-corrected chi connectivity index (χ4v) is 4.94. The molecule has 0 unspecified atom stereocenters. The van der Waals surface area contributed by atoms with Crippen molar-refractivity contribution in [2.45, 2.75) is 32.5 Å². The molecule has 10 heteroatoms. The van der Waals surface area contributed by atoms with Crippen molar-refractivity contribution in [2.24, 2.45) is 0 Å². The highest BCUT2D eigenvalue weighted by Crippen LogP contribution is 2.38. The number of benzene rings is 3. The van der Waals surface area contributed by atoms with Crippen LogP contribution in [0.4, 0.5) is 24.5 Å². The molecule has 0 radical (unpaired) electrons. The standard InChI is InChI=1S/C32H26F3N3O4/c1-20(39)42-19-23-16-26(21-7-3-2-4-8-21)27(18-28(23)32(33,34)35)31(41)37-25-10-11-29-22(15-25)12-14-38(29)30(40)17-24-9-5-6-13-36-24/h2-11,13,15-16,18H,12,14,17,19H2,1H3,(H,37,41). The Morgan fingerprint density at radius 3 is 2.43 bits per heavy atom. The van der Waals surface area contributed by atoms with E-state index in [2.05, 4.69) is 10.3 Å². The topological polar surface area (TPSA) is 88.6 Å². The smallest absolute Gasteiger partial charge is 0.416 e. The molecular weight excluding hydrogens is 547 g/mol. The van der Waals surface area contributed by atoms with Crippen LogP contribution in [0.25, 0.3) is 11.1 Å². The molecule has 4 aromatic rings. The highest BCUT2D eigenvalue weighted by atomic mass is 19.4. The molecular formula is C32H26F3N3O4. The lowest BCUT2D eigenvalue weighted by atomic mass is 9.93. The van der Waals surface area contributed by atoms with Gasteiger partial charge in [-0.3, -0.25) is 19.4 Å². The molecule has 1 aliphatic rings. The van der Waals surface area contributed by atoms with Crippen molar-refractivity contribution in [1.82, 2.24) is 4.98 Å². The van der Waals surface area contributed by atoms with E-state index in [-0.39, 0.29) is 29.0 Å². The number of carbonyl (C=O) groups is 3. The first-order valence-electron chi connectivity index (χ1n) is 13.2.